The minimum Gasteiger partial charge on any atom is -0.166 e. The molecule has 1 aliphatic rings. The lowest BCUT2D eigenvalue weighted by atomic mass is 9.80. The maximum Gasteiger partial charge on any atom is 0.417 e. The molecule has 23 heavy (non-hydrogen) atoms. The van der Waals surface area contributed by atoms with Crippen LogP contribution in [0.25, 0.3) is 11.1 Å². The van der Waals surface area contributed by atoms with Crippen molar-refractivity contribution >= 4 is 15.9 Å². The molecule has 0 amide bonds. The van der Waals surface area contributed by atoms with Crippen LogP contribution in [0.15, 0.2) is 34.8 Å². The summed E-state index contributed by atoms with van der Waals surface area (Å²) in [5.74, 6) is 0. The molecule has 2 aromatic carbocycles. The average molecular weight is 395 g/mol. The number of aryl methyl sites for hydroxylation is 2. The van der Waals surface area contributed by atoms with Crippen molar-refractivity contribution in [1.82, 2.24) is 0 Å². The first-order valence-corrected chi connectivity index (χ1v) is 7.47. The molecule has 0 aromatic heterocycles. The molecule has 2 aromatic rings. The highest BCUT2D eigenvalue weighted by Gasteiger charge is 2.41. The molecule has 0 radical (unpaired) electrons. The molecular weight excluding hydrogens is 386 g/mol. The minimum absolute atomic E-state index is 0.205. The van der Waals surface area contributed by atoms with Crippen LogP contribution >= 0.6 is 15.9 Å². The summed E-state index contributed by atoms with van der Waals surface area (Å²) in [6.07, 6.45) is -8.90. The van der Waals surface area contributed by atoms with Gasteiger partial charge in [-0.1, -0.05) is 28.1 Å². The third kappa shape index (κ3) is 2.86. The Morgan fingerprint density at radius 3 is 1.91 bits per heavy atom. The van der Waals surface area contributed by atoms with Crippen molar-refractivity contribution in [2.45, 2.75) is 25.2 Å². The van der Waals surface area contributed by atoms with E-state index in [9.17, 15) is 26.3 Å². The lowest BCUT2D eigenvalue weighted by Gasteiger charge is -2.27. The lowest BCUT2D eigenvalue weighted by Crippen LogP contribution is -2.17. The normalized spacial score (nSPS) is 14.4. The summed E-state index contributed by atoms with van der Waals surface area (Å²) in [5.41, 5.74) is -2.20. The third-order valence-electron chi connectivity index (χ3n) is 3.86. The van der Waals surface area contributed by atoms with E-state index >= 15 is 0 Å². The van der Waals surface area contributed by atoms with Crippen molar-refractivity contribution in [2.24, 2.45) is 0 Å². The van der Waals surface area contributed by atoms with Crippen LogP contribution in [0.2, 0.25) is 0 Å². The van der Waals surface area contributed by atoms with Crippen molar-refractivity contribution in [1.29, 1.82) is 0 Å². The van der Waals surface area contributed by atoms with Gasteiger partial charge in [-0.2, -0.15) is 26.3 Å². The molecule has 0 atom stereocenters. The highest BCUT2D eigenvalue weighted by Crippen LogP contribution is 2.48. The van der Waals surface area contributed by atoms with E-state index in [-0.39, 0.29) is 34.0 Å². The zero-order valence-corrected chi connectivity index (χ0v) is 13.0. The highest BCUT2D eigenvalue weighted by atomic mass is 79.9. The number of hydrogen-bond donors (Lipinski definition) is 0. The van der Waals surface area contributed by atoms with Gasteiger partial charge in [-0.15, -0.1) is 0 Å². The molecule has 0 nitrogen and oxygen atoms in total. The molecule has 7 heteroatoms. The average Bonchev–Trinajstić information content (AvgIpc) is 2.43. The number of benzene rings is 2. The summed E-state index contributed by atoms with van der Waals surface area (Å²) in [6.45, 7) is 0. The van der Waals surface area contributed by atoms with Gasteiger partial charge in [0, 0.05) is 4.47 Å². The van der Waals surface area contributed by atoms with E-state index in [2.05, 4.69) is 15.9 Å². The van der Waals surface area contributed by atoms with Gasteiger partial charge in [0.15, 0.2) is 0 Å². The minimum atomic E-state index is -4.73. The Hall–Kier alpha value is -1.50. The smallest absolute Gasteiger partial charge is 0.166 e. The fourth-order valence-corrected chi connectivity index (χ4v) is 3.49. The Labute approximate surface area is 136 Å². The van der Waals surface area contributed by atoms with E-state index in [1.165, 1.54) is 18.2 Å². The second-order valence-corrected chi connectivity index (χ2v) is 6.24. The van der Waals surface area contributed by atoms with Crippen LogP contribution in [0.5, 0.6) is 0 Å². The molecular formula is C16H9BrF6. The third-order valence-corrected chi connectivity index (χ3v) is 4.32. The summed E-state index contributed by atoms with van der Waals surface area (Å²) >= 11 is 3.01. The maximum atomic E-state index is 13.4. The SMILES string of the molecule is FC(F)(F)c1cccc2c1-c1c(cc(Br)cc1C(F)(F)F)CC2. The molecule has 0 spiro atoms. The topological polar surface area (TPSA) is 0 Å². The van der Waals surface area contributed by atoms with Gasteiger partial charge in [0.1, 0.15) is 0 Å². The highest BCUT2D eigenvalue weighted by molar-refractivity contribution is 9.10. The predicted molar refractivity (Wildman–Crippen MR) is 77.0 cm³/mol. The van der Waals surface area contributed by atoms with E-state index < -0.39 is 23.5 Å². The quantitative estimate of drug-likeness (QED) is 0.463. The number of fused-ring (bicyclic) bond motifs is 3. The van der Waals surface area contributed by atoms with Crippen LogP contribution in [0.4, 0.5) is 26.3 Å². The Kier molecular flexibility index (Phi) is 3.74. The summed E-state index contributed by atoms with van der Waals surface area (Å²) in [5, 5.41) is 0. The van der Waals surface area contributed by atoms with E-state index in [4.69, 9.17) is 0 Å². The first-order valence-electron chi connectivity index (χ1n) is 6.68. The first kappa shape index (κ1) is 16.4. The zero-order chi connectivity index (χ0) is 17.0. The second kappa shape index (κ2) is 5.26. The summed E-state index contributed by atoms with van der Waals surface area (Å²) < 4.78 is 80.2. The van der Waals surface area contributed by atoms with Crippen LogP contribution in [-0.4, -0.2) is 0 Å². The Morgan fingerprint density at radius 1 is 0.739 bits per heavy atom. The van der Waals surface area contributed by atoms with E-state index in [0.29, 0.717) is 5.56 Å². The summed E-state index contributed by atoms with van der Waals surface area (Å²) in [7, 11) is 0. The lowest BCUT2D eigenvalue weighted by molar-refractivity contribution is -0.139. The summed E-state index contributed by atoms with van der Waals surface area (Å²) in [4.78, 5) is 0. The molecule has 0 fully saturated rings. The van der Waals surface area contributed by atoms with Gasteiger partial charge >= 0.3 is 12.4 Å². The Morgan fingerprint density at radius 2 is 1.30 bits per heavy atom. The van der Waals surface area contributed by atoms with Crippen molar-refractivity contribution < 1.29 is 26.3 Å². The molecule has 0 N–H and O–H groups in total. The van der Waals surface area contributed by atoms with Gasteiger partial charge in [0.2, 0.25) is 0 Å². The van der Waals surface area contributed by atoms with E-state index in [1.54, 1.807) is 0 Å². The largest absolute Gasteiger partial charge is 0.417 e. The Balaban J connectivity index is 2.41. The molecule has 0 heterocycles. The van der Waals surface area contributed by atoms with Gasteiger partial charge in [-0.25, -0.2) is 0 Å². The van der Waals surface area contributed by atoms with E-state index in [1.807, 2.05) is 0 Å². The number of rotatable bonds is 0. The molecule has 0 aliphatic heterocycles. The van der Waals surface area contributed by atoms with Crippen LogP contribution in [0, 0.1) is 0 Å². The predicted octanol–water partition coefficient (Wildman–Crippen LogP) is 6.25. The fraction of sp³-hybridized carbons (Fsp3) is 0.250. The van der Waals surface area contributed by atoms with Gasteiger partial charge < -0.3 is 0 Å². The van der Waals surface area contributed by atoms with E-state index in [0.717, 1.165) is 12.1 Å². The van der Waals surface area contributed by atoms with Crippen molar-refractivity contribution in [2.75, 3.05) is 0 Å². The molecule has 1 aliphatic carbocycles. The van der Waals surface area contributed by atoms with Crippen molar-refractivity contribution in [3.05, 3.63) is 57.1 Å². The van der Waals surface area contributed by atoms with Crippen LogP contribution in [0.1, 0.15) is 22.3 Å². The first-order chi connectivity index (χ1) is 10.6. The molecule has 0 unspecified atom stereocenters. The van der Waals surface area contributed by atoms with Crippen LogP contribution in [0.3, 0.4) is 0 Å². The summed E-state index contributed by atoms with van der Waals surface area (Å²) in [6, 6.07) is 5.81. The maximum absolute atomic E-state index is 13.4. The molecule has 0 saturated heterocycles. The number of hydrogen-bond acceptors (Lipinski definition) is 0. The molecule has 3 rings (SSSR count). The number of halogens is 7. The molecule has 0 bridgehead atoms. The zero-order valence-electron chi connectivity index (χ0n) is 11.4. The second-order valence-electron chi connectivity index (χ2n) is 5.32. The van der Waals surface area contributed by atoms with Gasteiger partial charge in [-0.05, 0) is 53.3 Å². The van der Waals surface area contributed by atoms with Crippen molar-refractivity contribution in [3.63, 3.8) is 0 Å². The molecule has 122 valence electrons. The van der Waals surface area contributed by atoms with Gasteiger partial charge in [0.25, 0.3) is 0 Å². The van der Waals surface area contributed by atoms with Crippen LogP contribution < -0.4 is 0 Å². The van der Waals surface area contributed by atoms with Crippen LogP contribution in [-0.2, 0) is 25.2 Å². The monoisotopic (exact) mass is 394 g/mol. The molecule has 0 saturated carbocycles. The Bertz CT molecular complexity index is 773. The van der Waals surface area contributed by atoms with Gasteiger partial charge in [0.05, 0.1) is 11.1 Å². The fourth-order valence-electron chi connectivity index (χ4n) is 2.99. The number of alkyl halides is 6. The standard InChI is InChI=1S/C16H9BrF6/c17-10-6-9-5-4-8-2-1-3-11(15(18,19)20)13(8)14(9)12(7-10)16(21,22)23/h1-3,6-7H,4-5H2. The van der Waals surface area contributed by atoms with Crippen molar-refractivity contribution in [3.8, 4) is 11.1 Å². The van der Waals surface area contributed by atoms with Gasteiger partial charge in [-0.3, -0.25) is 0 Å².